The fourth-order valence-electron chi connectivity index (χ4n) is 2.16. The first-order chi connectivity index (χ1) is 11.0. The molecule has 2 amide bonds. The van der Waals surface area contributed by atoms with E-state index in [9.17, 15) is 9.59 Å². The zero-order chi connectivity index (χ0) is 16.8. The highest BCUT2D eigenvalue weighted by Gasteiger charge is 2.19. The van der Waals surface area contributed by atoms with Gasteiger partial charge in [-0.1, -0.05) is 6.92 Å². The van der Waals surface area contributed by atoms with Crippen molar-refractivity contribution in [2.75, 3.05) is 13.7 Å². The number of aryl methyl sites for hydroxylation is 1. The quantitative estimate of drug-likeness (QED) is 0.817. The number of carbonyl (C=O) groups excluding carboxylic acids is 2. The number of benzene rings is 1. The lowest BCUT2D eigenvalue weighted by Crippen LogP contribution is -2.31. The maximum atomic E-state index is 12.3. The highest BCUT2D eigenvalue weighted by Crippen LogP contribution is 2.18. The average Bonchev–Trinajstić information content (AvgIpc) is 3.03. The van der Waals surface area contributed by atoms with Gasteiger partial charge in [0.2, 0.25) is 5.91 Å². The molecule has 0 aliphatic rings. The maximum Gasteiger partial charge on any atom is 0.251 e. The van der Waals surface area contributed by atoms with Gasteiger partial charge in [-0.25, -0.2) is 0 Å². The molecule has 0 aliphatic heterocycles. The van der Waals surface area contributed by atoms with Gasteiger partial charge >= 0.3 is 0 Å². The van der Waals surface area contributed by atoms with Gasteiger partial charge < -0.3 is 20.2 Å². The summed E-state index contributed by atoms with van der Waals surface area (Å²) in [5.74, 6) is 0.682. The van der Waals surface area contributed by atoms with E-state index in [1.54, 1.807) is 19.2 Å². The molecule has 0 bridgehead atoms. The van der Waals surface area contributed by atoms with Crippen LogP contribution in [-0.4, -0.2) is 25.5 Å². The predicted octanol–water partition coefficient (Wildman–Crippen LogP) is 2.06. The number of hydrogen-bond donors (Lipinski definition) is 2. The molecule has 0 saturated carbocycles. The van der Waals surface area contributed by atoms with Crippen molar-refractivity contribution in [1.82, 2.24) is 5.32 Å². The van der Waals surface area contributed by atoms with Crippen molar-refractivity contribution >= 4 is 11.8 Å². The average molecular weight is 316 g/mol. The van der Waals surface area contributed by atoms with Gasteiger partial charge in [-0.3, -0.25) is 9.59 Å². The number of rotatable bonds is 7. The lowest BCUT2D eigenvalue weighted by Gasteiger charge is -2.16. The fourth-order valence-corrected chi connectivity index (χ4v) is 2.16. The van der Waals surface area contributed by atoms with Gasteiger partial charge in [-0.2, -0.15) is 0 Å². The Morgan fingerprint density at radius 3 is 2.35 bits per heavy atom. The van der Waals surface area contributed by atoms with Crippen molar-refractivity contribution in [3.05, 3.63) is 59.0 Å². The number of amides is 2. The van der Waals surface area contributed by atoms with Gasteiger partial charge in [0, 0.05) is 24.7 Å². The zero-order valence-electron chi connectivity index (χ0n) is 13.2. The summed E-state index contributed by atoms with van der Waals surface area (Å²) in [6, 6.07) is 9.47. The molecule has 1 aromatic carbocycles. The van der Waals surface area contributed by atoms with Crippen LogP contribution in [0.4, 0.5) is 0 Å². The Hall–Kier alpha value is -2.60. The molecule has 0 spiro atoms. The fraction of sp³-hybridized carbons (Fsp3) is 0.294. The second-order valence-electron chi connectivity index (χ2n) is 5.08. The Balaban J connectivity index is 2.12. The van der Waals surface area contributed by atoms with Gasteiger partial charge in [0.15, 0.2) is 0 Å². The minimum Gasteiger partial charge on any atom is -0.464 e. The van der Waals surface area contributed by atoms with Crippen molar-refractivity contribution in [2.45, 2.75) is 19.4 Å². The zero-order valence-corrected chi connectivity index (χ0v) is 13.2. The molecule has 2 aromatic rings. The summed E-state index contributed by atoms with van der Waals surface area (Å²) in [5.41, 5.74) is 5.97. The number of methoxy groups -OCH3 is 1. The summed E-state index contributed by atoms with van der Waals surface area (Å²) in [4.78, 5) is 23.4. The van der Waals surface area contributed by atoms with E-state index in [0.717, 1.165) is 12.2 Å². The number of ether oxygens (including phenoxy) is 1. The molecule has 1 heterocycles. The van der Waals surface area contributed by atoms with Gasteiger partial charge in [0.1, 0.15) is 17.6 Å². The molecule has 23 heavy (non-hydrogen) atoms. The normalized spacial score (nSPS) is 11.9. The molecule has 0 saturated heterocycles. The van der Waals surface area contributed by atoms with E-state index in [0.29, 0.717) is 23.5 Å². The molecule has 0 aliphatic carbocycles. The lowest BCUT2D eigenvalue weighted by atomic mass is 10.1. The first kappa shape index (κ1) is 16.8. The lowest BCUT2D eigenvalue weighted by molar-refractivity contribution is 0.0881. The van der Waals surface area contributed by atoms with Gasteiger partial charge in [-0.15, -0.1) is 0 Å². The molecule has 6 nitrogen and oxygen atoms in total. The van der Waals surface area contributed by atoms with Crippen LogP contribution in [0.15, 0.2) is 40.8 Å². The van der Waals surface area contributed by atoms with Gasteiger partial charge in [0.05, 0.1) is 6.61 Å². The molecule has 3 N–H and O–H groups in total. The van der Waals surface area contributed by atoms with E-state index in [1.165, 1.54) is 12.1 Å². The SMILES string of the molecule is CCc1ccc([C@@H](COC)NC(=O)c2ccc(C(N)=O)cc2)o1. The topological polar surface area (TPSA) is 94.6 Å². The third kappa shape index (κ3) is 4.20. The highest BCUT2D eigenvalue weighted by atomic mass is 16.5. The summed E-state index contributed by atoms with van der Waals surface area (Å²) in [6.07, 6.45) is 0.780. The molecule has 122 valence electrons. The van der Waals surface area contributed by atoms with Crippen molar-refractivity contribution in [2.24, 2.45) is 5.73 Å². The van der Waals surface area contributed by atoms with Crippen molar-refractivity contribution < 1.29 is 18.7 Å². The van der Waals surface area contributed by atoms with Crippen molar-refractivity contribution in [3.8, 4) is 0 Å². The van der Waals surface area contributed by atoms with Crippen LogP contribution >= 0.6 is 0 Å². The third-order valence-corrected chi connectivity index (χ3v) is 3.44. The predicted molar refractivity (Wildman–Crippen MR) is 85.1 cm³/mol. The number of primary amides is 1. The Bertz CT molecular complexity index is 676. The number of nitrogens with two attached hydrogens (primary N) is 1. The first-order valence-electron chi connectivity index (χ1n) is 7.33. The minimum absolute atomic E-state index is 0.280. The van der Waals surface area contributed by atoms with E-state index >= 15 is 0 Å². The summed E-state index contributed by atoms with van der Waals surface area (Å²) in [5, 5.41) is 2.86. The van der Waals surface area contributed by atoms with E-state index in [2.05, 4.69) is 5.32 Å². The van der Waals surface area contributed by atoms with Crippen LogP contribution < -0.4 is 11.1 Å². The maximum absolute atomic E-state index is 12.3. The van der Waals surface area contributed by atoms with Gasteiger partial charge in [-0.05, 0) is 36.4 Å². The largest absolute Gasteiger partial charge is 0.464 e. The number of hydrogen-bond acceptors (Lipinski definition) is 4. The van der Waals surface area contributed by atoms with Crippen LogP contribution in [0.25, 0.3) is 0 Å². The first-order valence-corrected chi connectivity index (χ1v) is 7.33. The highest BCUT2D eigenvalue weighted by molar-refractivity contribution is 5.97. The molecule has 1 aromatic heterocycles. The smallest absolute Gasteiger partial charge is 0.251 e. The molecular weight excluding hydrogens is 296 g/mol. The number of carbonyl (C=O) groups is 2. The second-order valence-corrected chi connectivity index (χ2v) is 5.08. The molecule has 0 unspecified atom stereocenters. The Morgan fingerprint density at radius 2 is 1.83 bits per heavy atom. The molecule has 1 atom stereocenters. The second kappa shape index (κ2) is 7.60. The summed E-state index contributed by atoms with van der Waals surface area (Å²) in [6.45, 7) is 2.29. The van der Waals surface area contributed by atoms with E-state index in [-0.39, 0.29) is 11.9 Å². The Morgan fingerprint density at radius 1 is 1.17 bits per heavy atom. The third-order valence-electron chi connectivity index (χ3n) is 3.44. The van der Waals surface area contributed by atoms with E-state index in [4.69, 9.17) is 14.9 Å². The molecule has 0 fully saturated rings. The van der Waals surface area contributed by atoms with Crippen LogP contribution in [0.1, 0.15) is 45.2 Å². The van der Waals surface area contributed by atoms with Crippen LogP contribution in [0.5, 0.6) is 0 Å². The van der Waals surface area contributed by atoms with E-state index in [1.807, 2.05) is 19.1 Å². The monoisotopic (exact) mass is 316 g/mol. The van der Waals surface area contributed by atoms with Crippen LogP contribution in [-0.2, 0) is 11.2 Å². The number of furan rings is 1. The van der Waals surface area contributed by atoms with Crippen LogP contribution in [0.2, 0.25) is 0 Å². The van der Waals surface area contributed by atoms with Crippen LogP contribution in [0, 0.1) is 0 Å². The molecule has 2 rings (SSSR count). The Labute approximate surface area is 134 Å². The molecule has 6 heteroatoms. The standard InChI is InChI=1S/C17H20N2O4/c1-3-13-8-9-15(23-13)14(10-22-2)19-17(21)12-6-4-11(5-7-12)16(18)20/h4-9,14H,3,10H2,1-2H3,(H2,18,20)(H,19,21)/t14-/m1/s1. The summed E-state index contributed by atoms with van der Waals surface area (Å²) in [7, 11) is 1.56. The summed E-state index contributed by atoms with van der Waals surface area (Å²) >= 11 is 0. The number of nitrogens with one attached hydrogen (secondary N) is 1. The molecular formula is C17H20N2O4. The Kier molecular flexibility index (Phi) is 5.54. The van der Waals surface area contributed by atoms with Crippen LogP contribution in [0.3, 0.4) is 0 Å². The summed E-state index contributed by atoms with van der Waals surface area (Å²) < 4.78 is 10.8. The molecule has 0 radical (unpaired) electrons. The van der Waals surface area contributed by atoms with E-state index < -0.39 is 5.91 Å². The van der Waals surface area contributed by atoms with Gasteiger partial charge in [0.25, 0.3) is 5.91 Å². The van der Waals surface area contributed by atoms with Crippen molar-refractivity contribution in [1.29, 1.82) is 0 Å². The minimum atomic E-state index is -0.531. The van der Waals surface area contributed by atoms with Crippen molar-refractivity contribution in [3.63, 3.8) is 0 Å².